The zero-order valence-corrected chi connectivity index (χ0v) is 8.03. The van der Waals surface area contributed by atoms with Gasteiger partial charge in [0.25, 0.3) is 0 Å². The summed E-state index contributed by atoms with van der Waals surface area (Å²) in [6.45, 7) is 0. The second-order valence-corrected chi connectivity index (χ2v) is 3.25. The topological polar surface area (TPSA) is 144 Å². The van der Waals surface area contributed by atoms with Gasteiger partial charge in [-0.05, 0) is 18.2 Å². The maximum absolute atomic E-state index is 10.5. The van der Waals surface area contributed by atoms with Gasteiger partial charge < -0.3 is 31.3 Å². The first-order valence-corrected chi connectivity index (χ1v) is 4.22. The summed E-state index contributed by atoms with van der Waals surface area (Å²) < 4.78 is 0. The first-order valence-electron chi connectivity index (χ1n) is 4.22. The van der Waals surface area contributed by atoms with E-state index in [9.17, 15) is 15.0 Å². The fraction of sp³-hybridized carbons (Fsp3) is 0.222. The van der Waals surface area contributed by atoms with Crippen LogP contribution >= 0.6 is 0 Å². The van der Waals surface area contributed by atoms with Gasteiger partial charge in [-0.3, -0.25) is 4.79 Å². The van der Waals surface area contributed by atoms with E-state index in [0.717, 1.165) is 18.2 Å². The molecule has 0 aliphatic rings. The van der Waals surface area contributed by atoms with Crippen molar-refractivity contribution < 1.29 is 30.3 Å². The lowest BCUT2D eigenvalue weighted by Gasteiger charge is -2.25. The monoisotopic (exact) mass is 229 g/mol. The predicted octanol–water partition coefficient (Wildman–Crippen LogP) is -1.35. The molecular formula is C9H11NO6. The van der Waals surface area contributed by atoms with Crippen LogP contribution < -0.4 is 5.73 Å². The molecule has 0 fully saturated rings. The maximum atomic E-state index is 10.5. The Hall–Kier alpha value is -1.83. The quantitative estimate of drug-likeness (QED) is 0.277. The van der Waals surface area contributed by atoms with Crippen molar-refractivity contribution in [3.05, 3.63) is 23.8 Å². The van der Waals surface area contributed by atoms with Crippen LogP contribution in [0.1, 0.15) is 5.56 Å². The summed E-state index contributed by atoms with van der Waals surface area (Å²) >= 11 is 0. The second-order valence-electron chi connectivity index (χ2n) is 3.25. The summed E-state index contributed by atoms with van der Waals surface area (Å²) in [7, 11) is 0. The number of carbonyl (C=O) groups is 1. The van der Waals surface area contributed by atoms with Gasteiger partial charge in [0.2, 0.25) is 5.79 Å². The molecule has 0 bridgehead atoms. The van der Waals surface area contributed by atoms with Gasteiger partial charge in [0.15, 0.2) is 17.5 Å². The fourth-order valence-corrected chi connectivity index (χ4v) is 1.10. The zero-order valence-electron chi connectivity index (χ0n) is 8.03. The normalized spacial score (nSPS) is 13.4. The van der Waals surface area contributed by atoms with Gasteiger partial charge in [-0.2, -0.15) is 0 Å². The Morgan fingerprint density at radius 2 is 1.81 bits per heavy atom. The molecule has 0 saturated heterocycles. The average molecular weight is 229 g/mol. The van der Waals surface area contributed by atoms with Gasteiger partial charge in [0, 0.05) is 5.56 Å². The van der Waals surface area contributed by atoms with Crippen molar-refractivity contribution in [1.29, 1.82) is 0 Å². The number of nitrogens with two attached hydrogens (primary N) is 1. The Bertz CT molecular complexity index is 416. The number of phenols is 2. The highest BCUT2D eigenvalue weighted by molar-refractivity contribution is 5.75. The van der Waals surface area contributed by atoms with Crippen molar-refractivity contribution in [2.75, 3.05) is 0 Å². The number of aliphatic hydroxyl groups is 2. The number of hydrogen-bond acceptors (Lipinski definition) is 6. The minimum Gasteiger partial charge on any atom is -0.504 e. The first-order chi connectivity index (χ1) is 7.26. The van der Waals surface area contributed by atoms with Crippen molar-refractivity contribution in [3.63, 3.8) is 0 Å². The number of aromatic hydroxyl groups is 2. The smallest absolute Gasteiger partial charge is 0.326 e. The Morgan fingerprint density at radius 3 is 2.25 bits per heavy atom. The molecule has 0 saturated carbocycles. The number of carboxylic acids is 1. The van der Waals surface area contributed by atoms with E-state index in [0.29, 0.717) is 0 Å². The lowest BCUT2D eigenvalue weighted by atomic mass is 9.98. The van der Waals surface area contributed by atoms with Crippen LogP contribution in [0.15, 0.2) is 18.2 Å². The summed E-state index contributed by atoms with van der Waals surface area (Å²) in [5, 5.41) is 45.7. The number of benzene rings is 1. The van der Waals surface area contributed by atoms with Crippen LogP contribution in [0.5, 0.6) is 11.5 Å². The van der Waals surface area contributed by atoms with Crippen LogP contribution in [0.4, 0.5) is 0 Å². The van der Waals surface area contributed by atoms with E-state index in [4.69, 9.17) is 21.1 Å². The molecule has 0 amide bonds. The van der Waals surface area contributed by atoms with Gasteiger partial charge in [-0.15, -0.1) is 0 Å². The molecular weight excluding hydrogens is 218 g/mol. The van der Waals surface area contributed by atoms with Gasteiger partial charge in [-0.25, -0.2) is 0 Å². The lowest BCUT2D eigenvalue weighted by molar-refractivity contribution is -0.197. The van der Waals surface area contributed by atoms with E-state index >= 15 is 0 Å². The fourth-order valence-electron chi connectivity index (χ4n) is 1.10. The van der Waals surface area contributed by atoms with E-state index in [2.05, 4.69) is 0 Å². The number of hydrogen-bond donors (Lipinski definition) is 6. The van der Waals surface area contributed by atoms with Crippen LogP contribution in [0.3, 0.4) is 0 Å². The number of carboxylic acid groups (broad SMARTS) is 1. The standard InChI is InChI=1S/C9H11NO6/c10-7(8(13)14)9(15,16)4-1-2-5(11)6(12)3-4/h1-3,7,11-12,15-16H,10H2,(H,13,14)/t7-/m1/s1. The summed E-state index contributed by atoms with van der Waals surface area (Å²) in [4.78, 5) is 10.5. The van der Waals surface area contributed by atoms with E-state index in [1.54, 1.807) is 0 Å². The van der Waals surface area contributed by atoms with Gasteiger partial charge in [0.1, 0.15) is 0 Å². The van der Waals surface area contributed by atoms with Crippen LogP contribution in [0.2, 0.25) is 0 Å². The number of rotatable bonds is 3. The minimum atomic E-state index is -2.84. The molecule has 0 aromatic heterocycles. The molecule has 7 N–H and O–H groups in total. The molecule has 1 aromatic rings. The number of aliphatic carboxylic acids is 1. The molecule has 0 aliphatic carbocycles. The molecule has 0 aliphatic heterocycles. The summed E-state index contributed by atoms with van der Waals surface area (Å²) in [6.07, 6.45) is 0. The molecule has 16 heavy (non-hydrogen) atoms. The van der Waals surface area contributed by atoms with Gasteiger partial charge in [0.05, 0.1) is 0 Å². The van der Waals surface area contributed by atoms with E-state index < -0.39 is 29.3 Å². The van der Waals surface area contributed by atoms with E-state index in [1.165, 1.54) is 0 Å². The summed E-state index contributed by atoms with van der Waals surface area (Å²) in [5.41, 5.74) is 4.74. The maximum Gasteiger partial charge on any atom is 0.326 e. The SMILES string of the molecule is N[C@H](C(=O)O)C(O)(O)c1ccc(O)c(O)c1. The predicted molar refractivity (Wildman–Crippen MR) is 51.5 cm³/mol. The molecule has 88 valence electrons. The Balaban J connectivity index is 3.16. The van der Waals surface area contributed by atoms with Crippen molar-refractivity contribution >= 4 is 5.97 Å². The number of phenolic OH excluding ortho intramolecular Hbond substituents is 2. The molecule has 1 atom stereocenters. The van der Waals surface area contributed by atoms with Crippen molar-refractivity contribution in [2.45, 2.75) is 11.8 Å². The molecule has 1 rings (SSSR count). The Kier molecular flexibility index (Phi) is 3.04. The summed E-state index contributed by atoms with van der Waals surface area (Å²) in [6, 6.07) is 0.868. The minimum absolute atomic E-state index is 0.335. The van der Waals surface area contributed by atoms with Gasteiger partial charge >= 0.3 is 5.97 Å². The molecule has 0 radical (unpaired) electrons. The van der Waals surface area contributed by atoms with Crippen LogP contribution in [0.25, 0.3) is 0 Å². The van der Waals surface area contributed by atoms with E-state index in [-0.39, 0.29) is 5.56 Å². The second kappa shape index (κ2) is 3.97. The Morgan fingerprint density at radius 1 is 1.25 bits per heavy atom. The third-order valence-electron chi connectivity index (χ3n) is 2.10. The van der Waals surface area contributed by atoms with Crippen LogP contribution in [-0.2, 0) is 10.6 Å². The molecule has 1 aromatic carbocycles. The largest absolute Gasteiger partial charge is 0.504 e. The Labute approximate surface area is 90.0 Å². The lowest BCUT2D eigenvalue weighted by Crippen LogP contribution is -2.50. The molecule has 7 heteroatoms. The van der Waals surface area contributed by atoms with Crippen molar-refractivity contribution in [2.24, 2.45) is 5.73 Å². The van der Waals surface area contributed by atoms with Gasteiger partial charge in [-0.1, -0.05) is 0 Å². The molecule has 0 unspecified atom stereocenters. The third kappa shape index (κ3) is 2.06. The van der Waals surface area contributed by atoms with E-state index in [1.807, 2.05) is 0 Å². The first kappa shape index (κ1) is 12.2. The van der Waals surface area contributed by atoms with Crippen LogP contribution in [-0.4, -0.2) is 37.5 Å². The van der Waals surface area contributed by atoms with Crippen LogP contribution in [0, 0.1) is 0 Å². The third-order valence-corrected chi connectivity index (χ3v) is 2.10. The zero-order chi connectivity index (χ0) is 12.5. The average Bonchev–Trinajstić information content (AvgIpc) is 2.20. The molecule has 7 nitrogen and oxygen atoms in total. The highest BCUT2D eigenvalue weighted by Crippen LogP contribution is 2.30. The molecule has 0 heterocycles. The summed E-state index contributed by atoms with van der Waals surface area (Å²) in [5.74, 6) is -5.53. The van der Waals surface area contributed by atoms with Crippen molar-refractivity contribution in [3.8, 4) is 11.5 Å². The highest BCUT2D eigenvalue weighted by atomic mass is 16.5. The molecule has 0 spiro atoms. The highest BCUT2D eigenvalue weighted by Gasteiger charge is 2.39. The van der Waals surface area contributed by atoms with Crippen molar-refractivity contribution in [1.82, 2.24) is 0 Å².